The predicted molar refractivity (Wildman–Crippen MR) is 105 cm³/mol. The van der Waals surface area contributed by atoms with Crippen LogP contribution in [-0.2, 0) is 4.79 Å². The van der Waals surface area contributed by atoms with E-state index in [1.165, 1.54) is 29.4 Å². The molecule has 0 bridgehead atoms. The fraction of sp³-hybridized carbons (Fsp3) is 0.450. The van der Waals surface area contributed by atoms with Gasteiger partial charge >= 0.3 is 0 Å². The summed E-state index contributed by atoms with van der Waals surface area (Å²) in [4.78, 5) is 31.5. The van der Waals surface area contributed by atoms with Crippen LogP contribution in [0.2, 0.25) is 0 Å². The van der Waals surface area contributed by atoms with E-state index in [2.05, 4.69) is 42.3 Å². The number of rotatable bonds is 3. The number of carbonyl (C=O) groups is 2. The minimum Gasteiger partial charge on any atom is -0.352 e. The van der Waals surface area contributed by atoms with Crippen LogP contribution in [0.5, 0.6) is 0 Å². The molecule has 1 N–H and O–H groups in total. The van der Waals surface area contributed by atoms with Gasteiger partial charge in [0.2, 0.25) is 5.91 Å². The summed E-state index contributed by atoms with van der Waals surface area (Å²) in [5, 5.41) is 3.82. The molecule has 1 aliphatic rings. The van der Waals surface area contributed by atoms with Crippen molar-refractivity contribution < 1.29 is 9.59 Å². The SMILES string of the molecule is CC(=O)NC1CCCN(C(=O)c2sc(-c3ccc(C)cc3C)nc2C)C1. The Kier molecular flexibility index (Phi) is 5.41. The van der Waals surface area contributed by atoms with Crippen LogP contribution < -0.4 is 5.32 Å². The highest BCUT2D eigenvalue weighted by atomic mass is 32.1. The Hall–Kier alpha value is -2.21. The molecule has 0 spiro atoms. The standard InChI is InChI=1S/C20H25N3O2S/c1-12-7-8-17(13(2)10-12)19-21-14(3)18(26-19)20(25)23-9-5-6-16(11-23)22-15(4)24/h7-8,10,16H,5-6,9,11H2,1-4H3,(H,22,24). The summed E-state index contributed by atoms with van der Waals surface area (Å²) in [5.41, 5.74) is 4.24. The third-order valence-corrected chi connectivity index (χ3v) is 5.90. The molecular formula is C20H25N3O2S. The summed E-state index contributed by atoms with van der Waals surface area (Å²) in [6.45, 7) is 8.85. The largest absolute Gasteiger partial charge is 0.352 e. The number of nitrogens with zero attached hydrogens (tertiary/aromatic N) is 2. The molecule has 3 rings (SSSR count). The van der Waals surface area contributed by atoms with Crippen LogP contribution >= 0.6 is 11.3 Å². The molecule has 1 aliphatic heterocycles. The molecule has 0 aliphatic carbocycles. The number of aryl methyl sites for hydroxylation is 3. The molecule has 2 amide bonds. The summed E-state index contributed by atoms with van der Waals surface area (Å²) < 4.78 is 0. The quantitative estimate of drug-likeness (QED) is 0.898. The van der Waals surface area contributed by atoms with Crippen LogP contribution in [0.25, 0.3) is 10.6 Å². The van der Waals surface area contributed by atoms with Gasteiger partial charge in [-0.2, -0.15) is 0 Å². The normalized spacial score (nSPS) is 17.2. The number of likely N-dealkylation sites (tertiary alicyclic amines) is 1. The van der Waals surface area contributed by atoms with E-state index in [-0.39, 0.29) is 17.9 Å². The zero-order valence-corrected chi connectivity index (χ0v) is 16.6. The van der Waals surface area contributed by atoms with Crippen LogP contribution in [0.1, 0.15) is 46.3 Å². The van der Waals surface area contributed by atoms with E-state index >= 15 is 0 Å². The number of thiazole rings is 1. The monoisotopic (exact) mass is 371 g/mol. The lowest BCUT2D eigenvalue weighted by Gasteiger charge is -2.32. The highest BCUT2D eigenvalue weighted by Gasteiger charge is 2.27. The van der Waals surface area contributed by atoms with E-state index in [0.29, 0.717) is 11.4 Å². The van der Waals surface area contributed by atoms with Gasteiger partial charge in [-0.1, -0.05) is 23.8 Å². The van der Waals surface area contributed by atoms with Gasteiger partial charge in [0, 0.05) is 31.6 Å². The van der Waals surface area contributed by atoms with Gasteiger partial charge in [0.15, 0.2) is 0 Å². The minimum absolute atomic E-state index is 0.0195. The number of hydrogen-bond donors (Lipinski definition) is 1. The van der Waals surface area contributed by atoms with Gasteiger partial charge in [-0.15, -0.1) is 11.3 Å². The van der Waals surface area contributed by atoms with Crippen molar-refractivity contribution in [3.8, 4) is 10.6 Å². The van der Waals surface area contributed by atoms with Crippen molar-refractivity contribution >= 4 is 23.2 Å². The van der Waals surface area contributed by atoms with Crippen LogP contribution in [0.15, 0.2) is 18.2 Å². The van der Waals surface area contributed by atoms with Crippen molar-refractivity contribution in [3.63, 3.8) is 0 Å². The van der Waals surface area contributed by atoms with Gasteiger partial charge in [-0.3, -0.25) is 9.59 Å². The summed E-state index contributed by atoms with van der Waals surface area (Å²) in [6, 6.07) is 6.32. The number of aromatic nitrogens is 1. The molecule has 2 heterocycles. The van der Waals surface area contributed by atoms with Gasteiger partial charge in [0.25, 0.3) is 5.91 Å². The second-order valence-corrected chi connectivity index (χ2v) is 8.04. The van der Waals surface area contributed by atoms with Crippen LogP contribution in [0, 0.1) is 20.8 Å². The molecule has 1 aromatic carbocycles. The van der Waals surface area contributed by atoms with Gasteiger partial charge < -0.3 is 10.2 Å². The third-order valence-electron chi connectivity index (χ3n) is 4.72. The summed E-state index contributed by atoms with van der Waals surface area (Å²) in [7, 11) is 0. The Morgan fingerprint density at radius 2 is 2.04 bits per heavy atom. The lowest BCUT2D eigenvalue weighted by Crippen LogP contribution is -2.49. The zero-order chi connectivity index (χ0) is 18.8. The van der Waals surface area contributed by atoms with E-state index in [4.69, 9.17) is 0 Å². The topological polar surface area (TPSA) is 62.3 Å². The van der Waals surface area contributed by atoms with E-state index < -0.39 is 0 Å². The van der Waals surface area contributed by atoms with E-state index in [0.717, 1.165) is 35.7 Å². The number of piperidine rings is 1. The molecule has 1 saturated heterocycles. The third kappa shape index (κ3) is 3.96. The Balaban J connectivity index is 1.82. The maximum Gasteiger partial charge on any atom is 0.265 e. The first kappa shape index (κ1) is 18.6. The molecule has 1 fully saturated rings. The number of carbonyl (C=O) groups excluding carboxylic acids is 2. The molecule has 0 radical (unpaired) electrons. The molecule has 1 atom stereocenters. The van der Waals surface area contributed by atoms with Gasteiger partial charge in [-0.05, 0) is 39.2 Å². The predicted octanol–water partition coefficient (Wildman–Crippen LogP) is 3.48. The number of nitrogens with one attached hydrogen (secondary N) is 1. The molecule has 1 aromatic heterocycles. The summed E-state index contributed by atoms with van der Waals surface area (Å²) >= 11 is 1.46. The molecule has 26 heavy (non-hydrogen) atoms. The van der Waals surface area contributed by atoms with Crippen molar-refractivity contribution in [2.24, 2.45) is 0 Å². The Morgan fingerprint density at radius 3 is 2.73 bits per heavy atom. The molecule has 138 valence electrons. The van der Waals surface area contributed by atoms with Crippen LogP contribution in [-0.4, -0.2) is 40.8 Å². The molecule has 2 aromatic rings. The second-order valence-electron chi connectivity index (χ2n) is 7.04. The summed E-state index contributed by atoms with van der Waals surface area (Å²) in [6.07, 6.45) is 1.82. The fourth-order valence-corrected chi connectivity index (χ4v) is 4.60. The summed E-state index contributed by atoms with van der Waals surface area (Å²) in [5.74, 6) is -0.0264. The Bertz CT molecular complexity index is 844. The van der Waals surface area contributed by atoms with Crippen molar-refractivity contribution in [3.05, 3.63) is 39.9 Å². The fourth-order valence-electron chi connectivity index (χ4n) is 3.47. The van der Waals surface area contributed by atoms with E-state index in [9.17, 15) is 9.59 Å². The number of amides is 2. The van der Waals surface area contributed by atoms with Crippen LogP contribution in [0.4, 0.5) is 0 Å². The number of hydrogen-bond acceptors (Lipinski definition) is 4. The average molecular weight is 372 g/mol. The first-order chi connectivity index (χ1) is 12.3. The zero-order valence-electron chi connectivity index (χ0n) is 15.8. The first-order valence-electron chi connectivity index (χ1n) is 8.96. The average Bonchev–Trinajstić information content (AvgIpc) is 2.95. The maximum atomic E-state index is 13.0. The first-order valence-corrected chi connectivity index (χ1v) is 9.78. The highest BCUT2D eigenvalue weighted by molar-refractivity contribution is 7.17. The lowest BCUT2D eigenvalue weighted by atomic mass is 10.1. The van der Waals surface area contributed by atoms with Gasteiger partial charge in [0.1, 0.15) is 9.88 Å². The van der Waals surface area contributed by atoms with Crippen LogP contribution in [0.3, 0.4) is 0 Å². The van der Waals surface area contributed by atoms with E-state index in [1.807, 2.05) is 11.8 Å². The molecule has 6 heteroatoms. The minimum atomic E-state index is -0.0459. The maximum absolute atomic E-state index is 13.0. The molecule has 0 saturated carbocycles. The van der Waals surface area contributed by atoms with Crippen molar-refractivity contribution in [2.45, 2.75) is 46.6 Å². The lowest BCUT2D eigenvalue weighted by molar-refractivity contribution is -0.120. The smallest absolute Gasteiger partial charge is 0.265 e. The van der Waals surface area contributed by atoms with Crippen molar-refractivity contribution in [1.82, 2.24) is 15.2 Å². The Labute approximate surface area is 158 Å². The highest BCUT2D eigenvalue weighted by Crippen LogP contribution is 2.31. The molecule has 1 unspecified atom stereocenters. The van der Waals surface area contributed by atoms with Gasteiger partial charge in [-0.25, -0.2) is 4.98 Å². The molecular weight excluding hydrogens is 346 g/mol. The van der Waals surface area contributed by atoms with Crippen molar-refractivity contribution in [2.75, 3.05) is 13.1 Å². The van der Waals surface area contributed by atoms with Crippen molar-refractivity contribution in [1.29, 1.82) is 0 Å². The van der Waals surface area contributed by atoms with Gasteiger partial charge in [0.05, 0.1) is 5.69 Å². The van der Waals surface area contributed by atoms with E-state index in [1.54, 1.807) is 0 Å². The Morgan fingerprint density at radius 1 is 1.27 bits per heavy atom. The number of benzene rings is 1. The molecule has 5 nitrogen and oxygen atoms in total. The second kappa shape index (κ2) is 7.58.